The van der Waals surface area contributed by atoms with Gasteiger partial charge in [0.25, 0.3) is 0 Å². The minimum absolute atomic E-state index is 0.665. The quantitative estimate of drug-likeness (QED) is 0.168. The van der Waals surface area contributed by atoms with E-state index in [9.17, 15) is 0 Å². The van der Waals surface area contributed by atoms with E-state index in [1.807, 2.05) is 0 Å². The third-order valence-corrected chi connectivity index (χ3v) is 8.65. The minimum Gasteiger partial charge on any atom is -0.493 e. The van der Waals surface area contributed by atoms with E-state index in [-0.39, 0.29) is 0 Å². The summed E-state index contributed by atoms with van der Waals surface area (Å²) in [6, 6.07) is 21.5. The summed E-state index contributed by atoms with van der Waals surface area (Å²) >= 11 is 0. The highest BCUT2D eigenvalue weighted by molar-refractivity contribution is 5.98. The van der Waals surface area contributed by atoms with Gasteiger partial charge in [-0.1, -0.05) is 111 Å². The number of hydrogen-bond donors (Lipinski definition) is 0. The van der Waals surface area contributed by atoms with Gasteiger partial charge in [0.15, 0.2) is 0 Å². The molecule has 0 bridgehead atoms. The van der Waals surface area contributed by atoms with Crippen molar-refractivity contribution >= 4 is 10.8 Å². The van der Waals surface area contributed by atoms with E-state index in [1.54, 1.807) is 0 Å². The van der Waals surface area contributed by atoms with Gasteiger partial charge in [0.05, 0.1) is 13.2 Å². The van der Waals surface area contributed by atoms with Gasteiger partial charge >= 0.3 is 0 Å². The van der Waals surface area contributed by atoms with E-state index in [2.05, 4.69) is 116 Å². The Morgan fingerprint density at radius 1 is 0.500 bits per heavy atom. The molecule has 2 heteroatoms. The molecule has 3 aromatic carbocycles. The van der Waals surface area contributed by atoms with Gasteiger partial charge in [-0.15, -0.1) is 0 Å². The van der Waals surface area contributed by atoms with Crippen molar-refractivity contribution in [3.8, 4) is 22.6 Å². The largest absolute Gasteiger partial charge is 0.493 e. The second-order valence-electron chi connectivity index (χ2n) is 13.4. The molecule has 0 aliphatic carbocycles. The summed E-state index contributed by atoms with van der Waals surface area (Å²) in [7, 11) is 0. The molecule has 3 aromatic rings. The fourth-order valence-electron chi connectivity index (χ4n) is 5.78. The van der Waals surface area contributed by atoms with Crippen LogP contribution in [0, 0.1) is 35.5 Å². The van der Waals surface area contributed by atoms with Crippen LogP contribution in [0.5, 0.6) is 11.5 Å². The average molecular weight is 545 g/mol. The highest BCUT2D eigenvalue weighted by atomic mass is 16.5. The van der Waals surface area contributed by atoms with Crippen LogP contribution in [0.4, 0.5) is 0 Å². The molecule has 0 saturated heterocycles. The molecular weight excluding hydrogens is 488 g/mol. The lowest BCUT2D eigenvalue weighted by atomic mass is 9.86. The van der Waals surface area contributed by atoms with Crippen LogP contribution < -0.4 is 9.47 Å². The molecular formula is C38H56O2. The normalized spacial score (nSPS) is 13.5. The Hall–Kier alpha value is -2.48. The molecule has 0 spiro atoms. The highest BCUT2D eigenvalue weighted by Crippen LogP contribution is 2.40. The molecule has 40 heavy (non-hydrogen) atoms. The minimum atomic E-state index is 0.665. The van der Waals surface area contributed by atoms with Crippen LogP contribution in [-0.2, 0) is 0 Å². The standard InChI is InChI=1S/C38H56O2/c1-27(2)17-19-31(29(5)6)23-25-39-37-16-12-15-36-35(37)22-21-34(33-13-10-9-11-14-33)38(36)40-26-24-32(30(7)8)20-18-28(3)4/h9-16,21-22,27-32H,17-20,23-26H2,1-8H3. The average Bonchev–Trinajstić information content (AvgIpc) is 2.92. The van der Waals surface area contributed by atoms with Crippen LogP contribution in [0.3, 0.4) is 0 Å². The van der Waals surface area contributed by atoms with E-state index in [1.165, 1.54) is 31.2 Å². The number of benzene rings is 3. The van der Waals surface area contributed by atoms with Crippen molar-refractivity contribution in [1.82, 2.24) is 0 Å². The molecule has 2 nitrogen and oxygen atoms in total. The van der Waals surface area contributed by atoms with E-state index >= 15 is 0 Å². The summed E-state index contributed by atoms with van der Waals surface area (Å²) < 4.78 is 13.2. The molecule has 0 saturated carbocycles. The fourth-order valence-corrected chi connectivity index (χ4v) is 5.78. The first-order chi connectivity index (χ1) is 19.2. The van der Waals surface area contributed by atoms with E-state index in [4.69, 9.17) is 9.47 Å². The molecule has 0 fully saturated rings. The van der Waals surface area contributed by atoms with Crippen LogP contribution in [0.15, 0.2) is 60.7 Å². The van der Waals surface area contributed by atoms with Crippen LogP contribution >= 0.6 is 0 Å². The van der Waals surface area contributed by atoms with Gasteiger partial charge in [-0.05, 0) is 85.0 Å². The zero-order chi connectivity index (χ0) is 29.1. The van der Waals surface area contributed by atoms with Crippen LogP contribution in [-0.4, -0.2) is 13.2 Å². The molecule has 220 valence electrons. The maximum absolute atomic E-state index is 6.72. The molecule has 3 rings (SSSR count). The van der Waals surface area contributed by atoms with Gasteiger partial charge < -0.3 is 9.47 Å². The monoisotopic (exact) mass is 544 g/mol. The Labute approximate surface area is 245 Å². The molecule has 0 aromatic heterocycles. The summed E-state index contributed by atoms with van der Waals surface area (Å²) in [5.41, 5.74) is 2.35. The van der Waals surface area contributed by atoms with Crippen LogP contribution in [0.2, 0.25) is 0 Å². The summed E-state index contributed by atoms with van der Waals surface area (Å²) in [5.74, 6) is 6.17. The number of ether oxygens (including phenoxy) is 2. The molecule has 0 radical (unpaired) electrons. The molecule has 0 heterocycles. The molecule has 0 N–H and O–H groups in total. The van der Waals surface area contributed by atoms with Gasteiger partial charge in [0, 0.05) is 16.3 Å². The smallest absolute Gasteiger partial charge is 0.135 e. The van der Waals surface area contributed by atoms with Crippen molar-refractivity contribution in [3.63, 3.8) is 0 Å². The third kappa shape index (κ3) is 9.57. The lowest BCUT2D eigenvalue weighted by Gasteiger charge is -2.23. The fraction of sp³-hybridized carbons (Fsp3) is 0.579. The summed E-state index contributed by atoms with van der Waals surface area (Å²) in [5, 5.41) is 2.28. The number of hydrogen-bond acceptors (Lipinski definition) is 2. The van der Waals surface area contributed by atoms with Gasteiger partial charge in [-0.25, -0.2) is 0 Å². The SMILES string of the molecule is CC(C)CCC(CCOc1cccc2c(OCCC(CCC(C)C)C(C)C)c(-c3ccccc3)ccc12)C(C)C. The van der Waals surface area contributed by atoms with Crippen molar-refractivity contribution in [2.24, 2.45) is 35.5 Å². The summed E-state index contributed by atoms with van der Waals surface area (Å²) in [6.45, 7) is 20.2. The van der Waals surface area contributed by atoms with Gasteiger partial charge in [-0.3, -0.25) is 0 Å². The zero-order valence-electron chi connectivity index (χ0n) is 26.7. The predicted octanol–water partition coefficient (Wildman–Crippen LogP) is 11.5. The van der Waals surface area contributed by atoms with Gasteiger partial charge in [-0.2, -0.15) is 0 Å². The number of fused-ring (bicyclic) bond motifs is 1. The lowest BCUT2D eigenvalue weighted by Crippen LogP contribution is -2.14. The van der Waals surface area contributed by atoms with Crippen LogP contribution in [0.1, 0.15) is 93.9 Å². The van der Waals surface area contributed by atoms with Crippen molar-refractivity contribution in [3.05, 3.63) is 60.7 Å². The molecule has 0 aliphatic rings. The Bertz CT molecular complexity index is 1130. The maximum atomic E-state index is 6.72. The van der Waals surface area contributed by atoms with E-state index < -0.39 is 0 Å². The Morgan fingerprint density at radius 2 is 1.07 bits per heavy atom. The first kappa shape index (κ1) is 32.0. The second kappa shape index (κ2) is 16.1. The van der Waals surface area contributed by atoms with Crippen molar-refractivity contribution in [2.45, 2.75) is 93.9 Å². The molecule has 0 amide bonds. The first-order valence-electron chi connectivity index (χ1n) is 16.0. The molecule has 2 unspecified atom stereocenters. The highest BCUT2D eigenvalue weighted by Gasteiger charge is 2.18. The van der Waals surface area contributed by atoms with E-state index in [0.29, 0.717) is 23.7 Å². The summed E-state index contributed by atoms with van der Waals surface area (Å²) in [6.07, 6.45) is 7.29. The van der Waals surface area contributed by atoms with Gasteiger partial charge in [0.2, 0.25) is 0 Å². The second-order valence-corrected chi connectivity index (χ2v) is 13.4. The topological polar surface area (TPSA) is 18.5 Å². The molecule has 2 atom stereocenters. The van der Waals surface area contributed by atoms with Crippen LogP contribution in [0.25, 0.3) is 21.9 Å². The van der Waals surface area contributed by atoms with Gasteiger partial charge in [0.1, 0.15) is 11.5 Å². The summed E-state index contributed by atoms with van der Waals surface area (Å²) in [4.78, 5) is 0. The third-order valence-electron chi connectivity index (χ3n) is 8.65. The van der Waals surface area contributed by atoms with Crippen molar-refractivity contribution in [2.75, 3.05) is 13.2 Å². The Balaban J connectivity index is 1.83. The zero-order valence-corrected chi connectivity index (χ0v) is 26.7. The first-order valence-corrected chi connectivity index (χ1v) is 16.0. The lowest BCUT2D eigenvalue weighted by molar-refractivity contribution is 0.233. The molecule has 0 aliphatic heterocycles. The van der Waals surface area contributed by atoms with Crippen molar-refractivity contribution < 1.29 is 9.47 Å². The Kier molecular flexibility index (Phi) is 12.9. The predicted molar refractivity (Wildman–Crippen MR) is 174 cm³/mol. The Morgan fingerprint density at radius 3 is 1.62 bits per heavy atom. The van der Waals surface area contributed by atoms with E-state index in [0.717, 1.165) is 65.7 Å². The van der Waals surface area contributed by atoms with Crippen molar-refractivity contribution in [1.29, 1.82) is 0 Å². The maximum Gasteiger partial charge on any atom is 0.135 e. The number of rotatable bonds is 17.